The van der Waals surface area contributed by atoms with Crippen molar-refractivity contribution in [1.82, 2.24) is 25.2 Å². The van der Waals surface area contributed by atoms with E-state index in [4.69, 9.17) is 0 Å². The third-order valence-electron chi connectivity index (χ3n) is 5.57. The summed E-state index contributed by atoms with van der Waals surface area (Å²) < 4.78 is 0. The van der Waals surface area contributed by atoms with Crippen LogP contribution < -0.4 is 10.9 Å². The van der Waals surface area contributed by atoms with Gasteiger partial charge in [-0.1, -0.05) is 6.92 Å². The van der Waals surface area contributed by atoms with Crippen LogP contribution in [-0.2, 0) is 19.5 Å². The molecule has 6 nitrogen and oxygen atoms in total. The van der Waals surface area contributed by atoms with E-state index < -0.39 is 0 Å². The SMILES string of the molecule is CCc1cc(=O)[nH]c(CN(Cc2nccs2)C2CC23CCNCC3)n1. The average molecular weight is 359 g/mol. The summed E-state index contributed by atoms with van der Waals surface area (Å²) in [6.45, 7) is 5.77. The smallest absolute Gasteiger partial charge is 0.251 e. The van der Waals surface area contributed by atoms with Gasteiger partial charge in [0.25, 0.3) is 5.56 Å². The third-order valence-corrected chi connectivity index (χ3v) is 6.33. The first-order valence-electron chi connectivity index (χ1n) is 9.11. The second-order valence-electron chi connectivity index (χ2n) is 7.20. The van der Waals surface area contributed by atoms with E-state index in [0.29, 0.717) is 18.0 Å². The van der Waals surface area contributed by atoms with Crippen molar-refractivity contribution in [3.8, 4) is 0 Å². The van der Waals surface area contributed by atoms with E-state index >= 15 is 0 Å². The number of nitrogens with zero attached hydrogens (tertiary/aromatic N) is 3. The molecule has 2 aromatic heterocycles. The number of aromatic nitrogens is 3. The fourth-order valence-electron chi connectivity index (χ4n) is 4.10. The lowest BCUT2D eigenvalue weighted by Gasteiger charge is -2.28. The largest absolute Gasteiger partial charge is 0.317 e. The van der Waals surface area contributed by atoms with Gasteiger partial charge in [-0.2, -0.15) is 0 Å². The number of thiazole rings is 1. The van der Waals surface area contributed by atoms with Crippen LogP contribution in [0.15, 0.2) is 22.4 Å². The predicted octanol–water partition coefficient (Wildman–Crippen LogP) is 1.93. The van der Waals surface area contributed by atoms with Crippen molar-refractivity contribution in [2.24, 2.45) is 5.41 Å². The Balaban J connectivity index is 1.55. The molecule has 1 saturated carbocycles. The Kier molecular flexibility index (Phi) is 4.71. The molecule has 1 aliphatic heterocycles. The zero-order chi connectivity index (χ0) is 17.3. The quantitative estimate of drug-likeness (QED) is 0.824. The number of H-pyrrole nitrogens is 1. The summed E-state index contributed by atoms with van der Waals surface area (Å²) >= 11 is 1.70. The highest BCUT2D eigenvalue weighted by Gasteiger charge is 2.56. The number of rotatable bonds is 6. The maximum atomic E-state index is 11.9. The van der Waals surface area contributed by atoms with Crippen molar-refractivity contribution in [3.05, 3.63) is 44.5 Å². The first-order valence-corrected chi connectivity index (χ1v) is 9.99. The first-order chi connectivity index (χ1) is 12.2. The molecule has 3 heterocycles. The molecule has 2 aliphatic rings. The predicted molar refractivity (Wildman–Crippen MR) is 98.5 cm³/mol. The molecule has 2 fully saturated rings. The van der Waals surface area contributed by atoms with E-state index in [2.05, 4.69) is 25.2 Å². The van der Waals surface area contributed by atoms with Crippen molar-refractivity contribution < 1.29 is 0 Å². The van der Waals surface area contributed by atoms with Crippen LogP contribution in [0.3, 0.4) is 0 Å². The zero-order valence-corrected chi connectivity index (χ0v) is 15.4. The van der Waals surface area contributed by atoms with E-state index in [9.17, 15) is 4.79 Å². The van der Waals surface area contributed by atoms with Crippen molar-refractivity contribution in [3.63, 3.8) is 0 Å². The molecule has 1 spiro atoms. The summed E-state index contributed by atoms with van der Waals surface area (Å²) in [7, 11) is 0. The Morgan fingerprint density at radius 3 is 2.92 bits per heavy atom. The summed E-state index contributed by atoms with van der Waals surface area (Å²) in [5.74, 6) is 0.775. The highest BCUT2D eigenvalue weighted by atomic mass is 32.1. The lowest BCUT2D eigenvalue weighted by Crippen LogP contribution is -2.36. The maximum absolute atomic E-state index is 11.9. The van der Waals surface area contributed by atoms with E-state index in [1.54, 1.807) is 17.4 Å². The van der Waals surface area contributed by atoms with E-state index in [0.717, 1.165) is 42.6 Å². The number of hydrogen-bond donors (Lipinski definition) is 2. The van der Waals surface area contributed by atoms with Gasteiger partial charge in [-0.15, -0.1) is 11.3 Å². The van der Waals surface area contributed by atoms with Crippen molar-refractivity contribution in [1.29, 1.82) is 0 Å². The standard InChI is InChI=1S/C18H25N5OS/c1-2-13-9-16(24)22-15(21-13)11-23(12-17-20-7-8-25-17)14-10-18(14)3-5-19-6-4-18/h7-9,14,19H,2-6,10-12H2,1H3,(H,21,22,24). The van der Waals surface area contributed by atoms with Crippen LogP contribution in [0.5, 0.6) is 0 Å². The first kappa shape index (κ1) is 16.9. The molecule has 25 heavy (non-hydrogen) atoms. The van der Waals surface area contributed by atoms with Crippen LogP contribution in [0.25, 0.3) is 0 Å². The van der Waals surface area contributed by atoms with Gasteiger partial charge in [-0.3, -0.25) is 9.69 Å². The second-order valence-corrected chi connectivity index (χ2v) is 8.18. The van der Waals surface area contributed by atoms with Gasteiger partial charge >= 0.3 is 0 Å². The van der Waals surface area contributed by atoms with Crippen LogP contribution >= 0.6 is 11.3 Å². The minimum atomic E-state index is -0.0524. The Labute approximate surface area is 151 Å². The zero-order valence-electron chi connectivity index (χ0n) is 14.6. The summed E-state index contributed by atoms with van der Waals surface area (Å²) in [6.07, 6.45) is 6.37. The molecule has 1 saturated heterocycles. The molecule has 0 radical (unpaired) electrons. The molecule has 4 rings (SSSR count). The third kappa shape index (κ3) is 3.68. The second kappa shape index (κ2) is 6.97. The highest BCUT2D eigenvalue weighted by Crippen LogP contribution is 2.56. The number of aromatic amines is 1. The fourth-order valence-corrected chi connectivity index (χ4v) is 4.74. The van der Waals surface area contributed by atoms with Gasteiger partial charge in [0.05, 0.1) is 13.1 Å². The van der Waals surface area contributed by atoms with Gasteiger partial charge in [0.15, 0.2) is 0 Å². The van der Waals surface area contributed by atoms with E-state index in [1.807, 2.05) is 18.5 Å². The lowest BCUT2D eigenvalue weighted by atomic mass is 9.93. The van der Waals surface area contributed by atoms with Gasteiger partial charge < -0.3 is 10.3 Å². The lowest BCUT2D eigenvalue weighted by molar-refractivity contribution is 0.183. The molecule has 1 unspecified atom stereocenters. The van der Waals surface area contributed by atoms with Crippen LogP contribution in [-0.4, -0.2) is 39.0 Å². The summed E-state index contributed by atoms with van der Waals surface area (Å²) in [5, 5.41) is 6.62. The van der Waals surface area contributed by atoms with Gasteiger partial charge in [0.2, 0.25) is 0 Å². The van der Waals surface area contributed by atoms with Crippen molar-refractivity contribution >= 4 is 11.3 Å². The number of nitrogens with one attached hydrogen (secondary N) is 2. The van der Waals surface area contributed by atoms with Crippen LogP contribution in [0.2, 0.25) is 0 Å². The maximum Gasteiger partial charge on any atom is 0.251 e. The summed E-state index contributed by atoms with van der Waals surface area (Å²) in [6, 6.07) is 2.16. The van der Waals surface area contributed by atoms with Gasteiger partial charge in [-0.05, 0) is 44.2 Å². The van der Waals surface area contributed by atoms with E-state index in [1.165, 1.54) is 19.3 Å². The molecular weight excluding hydrogens is 334 g/mol. The van der Waals surface area contributed by atoms with Crippen LogP contribution in [0.1, 0.15) is 42.7 Å². The Bertz CT molecular complexity index is 766. The molecule has 134 valence electrons. The Morgan fingerprint density at radius 1 is 1.36 bits per heavy atom. The molecular formula is C18H25N5OS. The van der Waals surface area contributed by atoms with Gasteiger partial charge in [0, 0.05) is 29.4 Å². The molecule has 0 amide bonds. The average Bonchev–Trinajstić information content (AvgIpc) is 3.04. The van der Waals surface area contributed by atoms with Gasteiger partial charge in [0.1, 0.15) is 10.8 Å². The fraction of sp³-hybridized carbons (Fsp3) is 0.611. The molecule has 1 aliphatic carbocycles. The van der Waals surface area contributed by atoms with Crippen LogP contribution in [0, 0.1) is 5.41 Å². The minimum absolute atomic E-state index is 0.0524. The monoisotopic (exact) mass is 359 g/mol. The van der Waals surface area contributed by atoms with Gasteiger partial charge in [-0.25, -0.2) is 9.97 Å². The molecule has 7 heteroatoms. The minimum Gasteiger partial charge on any atom is -0.317 e. The molecule has 0 aromatic carbocycles. The number of hydrogen-bond acceptors (Lipinski definition) is 6. The molecule has 2 N–H and O–H groups in total. The normalized spacial score (nSPS) is 21.8. The number of piperidine rings is 1. The molecule has 1 atom stereocenters. The molecule has 0 bridgehead atoms. The summed E-state index contributed by atoms with van der Waals surface area (Å²) in [5.41, 5.74) is 1.26. The summed E-state index contributed by atoms with van der Waals surface area (Å²) in [4.78, 5) is 26.4. The van der Waals surface area contributed by atoms with Crippen molar-refractivity contribution in [2.45, 2.75) is 51.7 Å². The highest BCUT2D eigenvalue weighted by molar-refractivity contribution is 7.09. The van der Waals surface area contributed by atoms with Crippen LogP contribution in [0.4, 0.5) is 0 Å². The number of aryl methyl sites for hydroxylation is 1. The topological polar surface area (TPSA) is 73.9 Å². The van der Waals surface area contributed by atoms with Crippen molar-refractivity contribution in [2.75, 3.05) is 13.1 Å². The van der Waals surface area contributed by atoms with E-state index in [-0.39, 0.29) is 5.56 Å². The Hall–Kier alpha value is -1.57. The Morgan fingerprint density at radius 2 is 2.20 bits per heavy atom. The molecule has 2 aromatic rings.